The van der Waals surface area contributed by atoms with Crippen LogP contribution in [0.15, 0.2) is 23.3 Å². The molecule has 2 aromatic rings. The highest BCUT2D eigenvalue weighted by Gasteiger charge is 2.14. The summed E-state index contributed by atoms with van der Waals surface area (Å²) in [7, 11) is 1.99. The van der Waals surface area contributed by atoms with E-state index in [-0.39, 0.29) is 30.0 Å². The number of aryl methyl sites for hydroxylation is 2. The van der Waals surface area contributed by atoms with Crippen molar-refractivity contribution < 1.29 is 4.74 Å². The zero-order valence-corrected chi connectivity index (χ0v) is 20.8. The molecule has 0 fully saturated rings. The van der Waals surface area contributed by atoms with Gasteiger partial charge in [-0.05, 0) is 51.7 Å². The topological polar surface area (TPSA) is 76.4 Å². The molecule has 0 saturated carbocycles. The minimum absolute atomic E-state index is 0. The molecule has 0 bridgehead atoms. The summed E-state index contributed by atoms with van der Waals surface area (Å²) in [5.41, 5.74) is 4.65. The van der Waals surface area contributed by atoms with Crippen molar-refractivity contribution in [2.75, 3.05) is 13.2 Å². The molecule has 0 spiro atoms. The average Bonchev–Trinajstić information content (AvgIpc) is 2.91. The molecule has 0 saturated heterocycles. The zero-order chi connectivity index (χ0) is 20.5. The van der Waals surface area contributed by atoms with Crippen LogP contribution in [0.5, 0.6) is 5.88 Å². The van der Waals surface area contributed by atoms with Gasteiger partial charge < -0.3 is 15.4 Å². The summed E-state index contributed by atoms with van der Waals surface area (Å²) in [5.74, 6) is 1.47. The monoisotopic (exact) mass is 514 g/mol. The highest BCUT2D eigenvalue weighted by atomic mass is 127. The van der Waals surface area contributed by atoms with Crippen LogP contribution in [-0.4, -0.2) is 39.9 Å². The Morgan fingerprint density at radius 3 is 2.59 bits per heavy atom. The highest BCUT2D eigenvalue weighted by Crippen LogP contribution is 2.14. The molecule has 1 unspecified atom stereocenters. The molecule has 1 atom stereocenters. The third-order valence-electron chi connectivity index (χ3n) is 4.57. The van der Waals surface area contributed by atoms with Crippen molar-refractivity contribution in [1.82, 2.24) is 25.4 Å². The maximum atomic E-state index is 5.53. The Hall–Kier alpha value is -1.84. The predicted octanol–water partition coefficient (Wildman–Crippen LogP) is 3.53. The molecule has 2 heterocycles. The van der Waals surface area contributed by atoms with Crippen LogP contribution in [0.4, 0.5) is 0 Å². The Morgan fingerprint density at radius 1 is 1.28 bits per heavy atom. The van der Waals surface area contributed by atoms with Gasteiger partial charge in [0, 0.05) is 37.6 Å². The Balaban J connectivity index is 0.00000420. The fourth-order valence-electron chi connectivity index (χ4n) is 2.99. The van der Waals surface area contributed by atoms with Crippen molar-refractivity contribution in [2.45, 2.75) is 60.0 Å². The van der Waals surface area contributed by atoms with E-state index in [0.29, 0.717) is 19.0 Å². The Kier molecular flexibility index (Phi) is 11.0. The molecular formula is C21H35IN6O. The van der Waals surface area contributed by atoms with Gasteiger partial charge >= 0.3 is 0 Å². The van der Waals surface area contributed by atoms with Gasteiger partial charge in [-0.15, -0.1) is 24.0 Å². The van der Waals surface area contributed by atoms with Crippen LogP contribution in [-0.2, 0) is 20.0 Å². The SMILES string of the molecule is CCCOc1ccc(CN=C(NCC)NC(C)Cc2c(C)nn(C)c2C)cn1.I. The van der Waals surface area contributed by atoms with Crippen molar-refractivity contribution in [2.24, 2.45) is 12.0 Å². The van der Waals surface area contributed by atoms with Crippen LogP contribution in [0, 0.1) is 13.8 Å². The number of aliphatic imine (C=N–C) groups is 1. The number of aromatic nitrogens is 3. The van der Waals surface area contributed by atoms with Gasteiger partial charge in [-0.1, -0.05) is 13.0 Å². The van der Waals surface area contributed by atoms with Gasteiger partial charge in [0.2, 0.25) is 5.88 Å². The van der Waals surface area contributed by atoms with Crippen molar-refractivity contribution in [1.29, 1.82) is 0 Å². The quantitative estimate of drug-likeness (QED) is 0.304. The molecule has 29 heavy (non-hydrogen) atoms. The molecular weight excluding hydrogens is 479 g/mol. The van der Waals surface area contributed by atoms with Crippen LogP contribution >= 0.6 is 24.0 Å². The standard InChI is InChI=1S/C21H34N6O.HI/c1-7-11-28-20-10-9-18(13-23-20)14-24-21(22-8-2)25-15(3)12-19-16(4)26-27(6)17(19)5;/h9-10,13,15H,7-8,11-12,14H2,1-6H3,(H2,22,24,25);1H. The van der Waals surface area contributed by atoms with E-state index in [9.17, 15) is 0 Å². The van der Waals surface area contributed by atoms with E-state index < -0.39 is 0 Å². The number of guanidine groups is 1. The number of ether oxygens (including phenoxy) is 1. The number of hydrogen-bond donors (Lipinski definition) is 2. The van der Waals surface area contributed by atoms with Crippen molar-refractivity contribution in [3.05, 3.63) is 40.8 Å². The normalized spacial score (nSPS) is 12.3. The second-order valence-corrected chi connectivity index (χ2v) is 7.07. The molecule has 0 radical (unpaired) electrons. The summed E-state index contributed by atoms with van der Waals surface area (Å²) < 4.78 is 7.47. The lowest BCUT2D eigenvalue weighted by molar-refractivity contribution is 0.305. The number of hydrogen-bond acceptors (Lipinski definition) is 4. The summed E-state index contributed by atoms with van der Waals surface area (Å²) >= 11 is 0. The van der Waals surface area contributed by atoms with E-state index in [1.165, 1.54) is 11.3 Å². The van der Waals surface area contributed by atoms with E-state index in [2.05, 4.69) is 55.3 Å². The molecule has 2 rings (SSSR count). The van der Waals surface area contributed by atoms with Gasteiger partial charge in [0.05, 0.1) is 18.8 Å². The van der Waals surface area contributed by atoms with Crippen LogP contribution in [0.25, 0.3) is 0 Å². The van der Waals surface area contributed by atoms with E-state index >= 15 is 0 Å². The number of rotatable bonds is 9. The highest BCUT2D eigenvalue weighted by molar-refractivity contribution is 14.0. The van der Waals surface area contributed by atoms with Gasteiger partial charge in [0.25, 0.3) is 0 Å². The molecule has 0 aliphatic rings. The summed E-state index contributed by atoms with van der Waals surface area (Å²) in [6, 6.07) is 4.15. The second-order valence-electron chi connectivity index (χ2n) is 7.07. The zero-order valence-electron chi connectivity index (χ0n) is 18.5. The molecule has 0 aliphatic heterocycles. The minimum atomic E-state index is 0. The van der Waals surface area contributed by atoms with Crippen molar-refractivity contribution in [3.63, 3.8) is 0 Å². The third kappa shape index (κ3) is 7.83. The summed E-state index contributed by atoms with van der Waals surface area (Å²) in [6.45, 7) is 12.6. The predicted molar refractivity (Wildman–Crippen MR) is 129 cm³/mol. The number of nitrogens with one attached hydrogen (secondary N) is 2. The molecule has 2 aromatic heterocycles. The van der Waals surface area contributed by atoms with E-state index in [0.717, 1.165) is 36.6 Å². The first-order valence-corrected chi connectivity index (χ1v) is 10.1. The van der Waals surface area contributed by atoms with Gasteiger partial charge in [-0.3, -0.25) is 4.68 Å². The van der Waals surface area contributed by atoms with Crippen LogP contribution in [0.2, 0.25) is 0 Å². The van der Waals surface area contributed by atoms with Crippen LogP contribution < -0.4 is 15.4 Å². The van der Waals surface area contributed by atoms with E-state index in [4.69, 9.17) is 9.73 Å². The average molecular weight is 514 g/mol. The molecule has 7 nitrogen and oxygen atoms in total. The van der Waals surface area contributed by atoms with Gasteiger partial charge in [0.1, 0.15) is 0 Å². The van der Waals surface area contributed by atoms with Gasteiger partial charge in [-0.25, -0.2) is 9.98 Å². The number of halogens is 1. The smallest absolute Gasteiger partial charge is 0.213 e. The Labute approximate surface area is 191 Å². The first-order valence-electron chi connectivity index (χ1n) is 10.1. The fraction of sp³-hybridized carbons (Fsp3) is 0.571. The largest absolute Gasteiger partial charge is 0.478 e. The lowest BCUT2D eigenvalue weighted by Crippen LogP contribution is -2.43. The van der Waals surface area contributed by atoms with Crippen LogP contribution in [0.1, 0.15) is 49.7 Å². The second kappa shape index (κ2) is 12.7. The van der Waals surface area contributed by atoms with Gasteiger partial charge in [0.15, 0.2) is 5.96 Å². The Bertz CT molecular complexity index is 772. The third-order valence-corrected chi connectivity index (χ3v) is 4.57. The fourth-order valence-corrected chi connectivity index (χ4v) is 2.99. The Morgan fingerprint density at radius 2 is 2.03 bits per heavy atom. The van der Waals surface area contributed by atoms with Crippen molar-refractivity contribution in [3.8, 4) is 5.88 Å². The lowest BCUT2D eigenvalue weighted by atomic mass is 10.1. The van der Waals surface area contributed by atoms with E-state index in [1.807, 2.05) is 30.1 Å². The lowest BCUT2D eigenvalue weighted by Gasteiger charge is -2.18. The maximum Gasteiger partial charge on any atom is 0.213 e. The van der Waals surface area contributed by atoms with Crippen LogP contribution in [0.3, 0.4) is 0 Å². The first-order chi connectivity index (χ1) is 13.4. The molecule has 0 aromatic carbocycles. The first kappa shape index (κ1) is 25.2. The number of pyridine rings is 1. The maximum absolute atomic E-state index is 5.53. The van der Waals surface area contributed by atoms with E-state index in [1.54, 1.807) is 0 Å². The van der Waals surface area contributed by atoms with Gasteiger partial charge in [-0.2, -0.15) is 5.10 Å². The summed E-state index contributed by atoms with van der Waals surface area (Å²) in [5, 5.41) is 11.3. The molecule has 8 heteroatoms. The molecule has 0 amide bonds. The van der Waals surface area contributed by atoms with Crippen molar-refractivity contribution >= 4 is 29.9 Å². The summed E-state index contributed by atoms with van der Waals surface area (Å²) in [4.78, 5) is 9.04. The molecule has 162 valence electrons. The summed E-state index contributed by atoms with van der Waals surface area (Å²) in [6.07, 6.45) is 3.70. The number of nitrogens with zero attached hydrogens (tertiary/aromatic N) is 4. The molecule has 0 aliphatic carbocycles. The minimum Gasteiger partial charge on any atom is -0.478 e. The molecule has 2 N–H and O–H groups in total.